The van der Waals surface area contributed by atoms with E-state index in [1.54, 1.807) is 31.4 Å². The zero-order valence-electron chi connectivity index (χ0n) is 27.9. The smallest absolute Gasteiger partial charge is 0.411 e. The summed E-state index contributed by atoms with van der Waals surface area (Å²) in [5.74, 6) is -3.80. The summed E-state index contributed by atoms with van der Waals surface area (Å²) in [4.78, 5) is 59.6. The molecule has 1 aromatic heterocycles. The van der Waals surface area contributed by atoms with Gasteiger partial charge in [0.05, 0.1) is 29.7 Å². The number of nitrogens with two attached hydrogens (primary N) is 1. The van der Waals surface area contributed by atoms with Crippen LogP contribution >= 0.6 is 0 Å². The van der Waals surface area contributed by atoms with E-state index in [2.05, 4.69) is 15.6 Å². The first-order valence-corrected chi connectivity index (χ1v) is 18.2. The van der Waals surface area contributed by atoms with Crippen molar-refractivity contribution in [2.24, 2.45) is 23.0 Å². The van der Waals surface area contributed by atoms with Crippen molar-refractivity contribution in [1.82, 2.24) is 15.2 Å². The van der Waals surface area contributed by atoms with Crippen molar-refractivity contribution in [3.8, 4) is 17.0 Å². The normalized spacial score (nSPS) is 28.8. The molecular weight excluding hydrogens is 650 g/mol. The lowest BCUT2D eigenvalue weighted by Gasteiger charge is -2.34. The Morgan fingerprint density at radius 2 is 1.90 bits per heavy atom. The van der Waals surface area contributed by atoms with Crippen LogP contribution in [0.3, 0.4) is 0 Å². The fourth-order valence-electron chi connectivity index (χ4n) is 7.24. The standard InChI is InChI=1S/C35H43N5O8S/c1-21-9-14-28(37-20-21)26-13-10-23(47-3)17-29(26)38-33(44)48-24-16-27-30(41)40(2)15-7-5-4-6-8-22-18-35(22,49(45,46)25-11-12-25)39-32(43)34(27,19-24)31(36)42/h6,8-10,13-14,17,20,22,24-25,27H,4-5,7,11-12,15-16,18-19H2,1-3H3,(H2,36,42)(H,38,44)(H,39,43). The summed E-state index contributed by atoms with van der Waals surface area (Å²) in [5.41, 5.74) is 6.33. The van der Waals surface area contributed by atoms with Crippen molar-refractivity contribution in [2.75, 3.05) is 26.0 Å². The number of anilines is 1. The Balaban J connectivity index is 1.30. The predicted molar refractivity (Wildman–Crippen MR) is 181 cm³/mol. The average Bonchev–Trinajstić information content (AvgIpc) is 3.99. The highest BCUT2D eigenvalue weighted by atomic mass is 32.2. The predicted octanol–water partition coefficient (Wildman–Crippen LogP) is 3.47. The molecule has 14 heteroatoms. The quantitative estimate of drug-likeness (QED) is 0.288. The minimum Gasteiger partial charge on any atom is -0.497 e. The highest BCUT2D eigenvalue weighted by Crippen LogP contribution is 2.55. The Bertz CT molecular complexity index is 1790. The van der Waals surface area contributed by atoms with Crippen LogP contribution in [0, 0.1) is 24.2 Å². The van der Waals surface area contributed by atoms with E-state index in [0.717, 1.165) is 12.0 Å². The van der Waals surface area contributed by atoms with Gasteiger partial charge in [0.15, 0.2) is 9.84 Å². The van der Waals surface area contributed by atoms with Gasteiger partial charge >= 0.3 is 6.09 Å². The number of amides is 4. The number of aryl methyl sites for hydroxylation is 1. The maximum atomic E-state index is 14.4. The van der Waals surface area contributed by atoms with E-state index in [9.17, 15) is 27.6 Å². The molecular formula is C35H43N5O8S. The van der Waals surface area contributed by atoms with Crippen LogP contribution in [0.25, 0.3) is 11.3 Å². The number of rotatable bonds is 7. The van der Waals surface area contributed by atoms with Crippen LogP contribution in [0.1, 0.15) is 56.9 Å². The lowest BCUT2D eigenvalue weighted by atomic mass is 9.75. The molecule has 4 aliphatic rings. The van der Waals surface area contributed by atoms with Gasteiger partial charge in [-0.2, -0.15) is 0 Å². The first kappa shape index (κ1) is 34.4. The van der Waals surface area contributed by atoms with E-state index in [1.165, 1.54) is 12.0 Å². The Kier molecular flexibility index (Phi) is 9.20. The van der Waals surface area contributed by atoms with Gasteiger partial charge in [-0.3, -0.25) is 24.7 Å². The van der Waals surface area contributed by atoms with E-state index in [0.29, 0.717) is 54.9 Å². The average molecular weight is 694 g/mol. The number of benzene rings is 1. The second-order valence-corrected chi connectivity index (χ2v) is 16.2. The summed E-state index contributed by atoms with van der Waals surface area (Å²) in [6, 6.07) is 8.79. The third-order valence-corrected chi connectivity index (χ3v) is 13.3. The lowest BCUT2D eigenvalue weighted by Crippen LogP contribution is -2.59. The first-order chi connectivity index (χ1) is 23.3. The van der Waals surface area contributed by atoms with Gasteiger partial charge in [0.1, 0.15) is 22.1 Å². The molecule has 262 valence electrons. The molecule has 3 fully saturated rings. The number of hydrogen-bond acceptors (Lipinski definition) is 9. The topological polar surface area (TPSA) is 187 Å². The number of sulfone groups is 1. The summed E-state index contributed by atoms with van der Waals surface area (Å²) < 4.78 is 38.6. The van der Waals surface area contributed by atoms with Gasteiger partial charge in [0, 0.05) is 43.8 Å². The Labute approximate surface area is 285 Å². The molecule has 6 rings (SSSR count). The Morgan fingerprint density at radius 3 is 2.57 bits per heavy atom. The molecule has 3 aliphatic carbocycles. The number of carbonyl (C=O) groups excluding carboxylic acids is 4. The number of methoxy groups -OCH3 is 1. The number of nitrogens with zero attached hydrogens (tertiary/aromatic N) is 2. The minimum atomic E-state index is -3.80. The minimum absolute atomic E-state index is 0.164. The van der Waals surface area contributed by atoms with Gasteiger partial charge in [0.25, 0.3) is 0 Å². The fourth-order valence-corrected chi connectivity index (χ4v) is 9.74. The summed E-state index contributed by atoms with van der Waals surface area (Å²) in [6.07, 6.45) is 6.22. The number of primary amides is 1. The molecule has 0 radical (unpaired) electrons. The molecule has 0 bridgehead atoms. The van der Waals surface area contributed by atoms with E-state index >= 15 is 0 Å². The van der Waals surface area contributed by atoms with Gasteiger partial charge in [-0.15, -0.1) is 0 Å². The van der Waals surface area contributed by atoms with Crippen molar-refractivity contribution in [2.45, 2.75) is 74.5 Å². The van der Waals surface area contributed by atoms with Crippen LogP contribution in [0.5, 0.6) is 5.75 Å². The molecule has 5 atom stereocenters. The molecule has 0 spiro atoms. The van der Waals surface area contributed by atoms with Crippen LogP contribution in [0.15, 0.2) is 48.7 Å². The van der Waals surface area contributed by atoms with Crippen LogP contribution in [0.4, 0.5) is 10.5 Å². The molecule has 3 saturated carbocycles. The first-order valence-electron chi connectivity index (χ1n) is 16.7. The highest BCUT2D eigenvalue weighted by Gasteiger charge is 2.70. The van der Waals surface area contributed by atoms with Crippen LogP contribution in [-0.4, -0.2) is 79.0 Å². The van der Waals surface area contributed by atoms with Gasteiger partial charge in [0.2, 0.25) is 17.7 Å². The lowest BCUT2D eigenvalue weighted by molar-refractivity contribution is -0.153. The van der Waals surface area contributed by atoms with Crippen molar-refractivity contribution in [3.63, 3.8) is 0 Å². The number of hydrogen-bond donors (Lipinski definition) is 3. The molecule has 2 aromatic rings. The van der Waals surface area contributed by atoms with E-state index in [4.69, 9.17) is 15.2 Å². The maximum Gasteiger partial charge on any atom is 0.411 e. The molecule has 0 saturated heterocycles. The molecule has 1 aromatic carbocycles. The maximum absolute atomic E-state index is 14.4. The van der Waals surface area contributed by atoms with Crippen molar-refractivity contribution < 1.29 is 37.1 Å². The Hall–Kier alpha value is -4.46. The van der Waals surface area contributed by atoms with Crippen molar-refractivity contribution in [1.29, 1.82) is 0 Å². The van der Waals surface area contributed by atoms with Gasteiger partial charge in [-0.25, -0.2) is 13.2 Å². The molecule has 4 N–H and O–H groups in total. The molecule has 4 amide bonds. The summed E-state index contributed by atoms with van der Waals surface area (Å²) in [5, 5.41) is 4.90. The van der Waals surface area contributed by atoms with E-state index in [1.807, 2.05) is 31.2 Å². The summed E-state index contributed by atoms with van der Waals surface area (Å²) in [7, 11) is -0.717. The second kappa shape index (κ2) is 13.1. The second-order valence-electron chi connectivity index (χ2n) is 13.7. The van der Waals surface area contributed by atoms with Crippen molar-refractivity contribution >= 4 is 39.3 Å². The van der Waals surface area contributed by atoms with Crippen LogP contribution in [-0.2, 0) is 29.0 Å². The Morgan fingerprint density at radius 1 is 1.12 bits per heavy atom. The number of pyridine rings is 1. The van der Waals surface area contributed by atoms with E-state index in [-0.39, 0.29) is 12.8 Å². The molecule has 2 heterocycles. The number of carbonyl (C=O) groups is 4. The van der Waals surface area contributed by atoms with Gasteiger partial charge in [-0.05, 0) is 75.6 Å². The van der Waals surface area contributed by atoms with Gasteiger partial charge < -0.3 is 25.4 Å². The zero-order valence-corrected chi connectivity index (χ0v) is 28.8. The van der Waals surface area contributed by atoms with Crippen LogP contribution in [0.2, 0.25) is 0 Å². The molecule has 1 aliphatic heterocycles. The number of fused-ring (bicyclic) bond motifs is 2. The number of allylic oxidation sites excluding steroid dienone is 1. The van der Waals surface area contributed by atoms with E-state index < -0.39 is 73.5 Å². The third-order valence-electron chi connectivity index (χ3n) is 10.3. The molecule has 5 unspecified atom stereocenters. The highest BCUT2D eigenvalue weighted by molar-refractivity contribution is 7.94. The number of ether oxygens (including phenoxy) is 2. The molecule has 49 heavy (non-hydrogen) atoms. The zero-order chi connectivity index (χ0) is 35.1. The largest absolute Gasteiger partial charge is 0.497 e. The third kappa shape index (κ3) is 6.38. The monoisotopic (exact) mass is 693 g/mol. The SMILES string of the molecule is COc1ccc(-c2ccc(C)cn2)c(NC(=O)OC2CC3C(=O)N(C)CCCCC=CC4CC4(S(=O)(=O)C4CC4)NC(=O)C3(C(N)=O)C2)c1. The molecule has 13 nitrogen and oxygen atoms in total. The fraction of sp³-hybridized carbons (Fsp3) is 0.514. The summed E-state index contributed by atoms with van der Waals surface area (Å²) in [6.45, 7) is 2.29. The number of aromatic nitrogens is 1. The number of nitrogens with one attached hydrogen (secondary N) is 2. The van der Waals surface area contributed by atoms with Crippen LogP contribution < -0.4 is 21.1 Å². The van der Waals surface area contributed by atoms with Gasteiger partial charge in [-0.1, -0.05) is 18.2 Å². The van der Waals surface area contributed by atoms with Crippen molar-refractivity contribution in [3.05, 3.63) is 54.2 Å². The summed E-state index contributed by atoms with van der Waals surface area (Å²) >= 11 is 0.